The molecular weight excluding hydrogens is 264 g/mol. The van der Waals surface area contributed by atoms with Crippen molar-refractivity contribution in [1.82, 2.24) is 19.6 Å². The average molecular weight is 285 g/mol. The highest BCUT2D eigenvalue weighted by Gasteiger charge is 2.22. The largest absolute Gasteiger partial charge is 0.337 e. The van der Waals surface area contributed by atoms with E-state index in [2.05, 4.69) is 10.00 Å². The second-order valence-electron chi connectivity index (χ2n) is 4.98. The molecule has 2 heterocycles. The Kier molecular flexibility index (Phi) is 4.82. The van der Waals surface area contributed by atoms with Gasteiger partial charge in [0.2, 0.25) is 0 Å². The van der Waals surface area contributed by atoms with Crippen molar-refractivity contribution in [3.63, 3.8) is 0 Å². The van der Waals surface area contributed by atoms with Gasteiger partial charge < -0.3 is 9.80 Å². The van der Waals surface area contributed by atoms with E-state index in [9.17, 15) is 4.79 Å². The predicted molar refractivity (Wildman–Crippen MR) is 75.6 cm³/mol. The maximum atomic E-state index is 12.5. The third-order valence-corrected chi connectivity index (χ3v) is 3.69. The van der Waals surface area contributed by atoms with Gasteiger partial charge in [-0.1, -0.05) is 0 Å². The van der Waals surface area contributed by atoms with Crippen LogP contribution in [-0.2, 0) is 7.05 Å². The number of aromatic nitrogens is 2. The maximum Gasteiger partial charge on any atom is 0.257 e. The van der Waals surface area contributed by atoms with Crippen LogP contribution < -0.4 is 0 Å². The van der Waals surface area contributed by atoms with Crippen LogP contribution >= 0.6 is 11.6 Å². The van der Waals surface area contributed by atoms with Crippen molar-refractivity contribution in [2.45, 2.75) is 13.3 Å². The van der Waals surface area contributed by atoms with E-state index in [1.807, 2.05) is 18.9 Å². The Morgan fingerprint density at radius 2 is 2.16 bits per heavy atom. The Labute approximate surface area is 119 Å². The topological polar surface area (TPSA) is 41.4 Å². The molecule has 1 aromatic heterocycles. The summed E-state index contributed by atoms with van der Waals surface area (Å²) in [6.45, 7) is 6.27. The molecule has 2 rings (SSSR count). The van der Waals surface area contributed by atoms with Crippen molar-refractivity contribution in [2.75, 3.05) is 38.6 Å². The molecule has 0 bridgehead atoms. The zero-order chi connectivity index (χ0) is 13.8. The quantitative estimate of drug-likeness (QED) is 0.781. The molecule has 0 atom stereocenters. The van der Waals surface area contributed by atoms with Crippen LogP contribution in [-0.4, -0.2) is 64.1 Å². The first kappa shape index (κ1) is 14.3. The molecule has 1 saturated heterocycles. The molecule has 1 aliphatic rings. The molecule has 1 aromatic rings. The third-order valence-electron chi connectivity index (χ3n) is 3.52. The number of aryl methyl sites for hydroxylation is 2. The number of nitrogens with zero attached hydrogens (tertiary/aromatic N) is 4. The van der Waals surface area contributed by atoms with Crippen LogP contribution in [0.2, 0.25) is 0 Å². The number of halogens is 1. The first-order valence-electron chi connectivity index (χ1n) is 6.69. The van der Waals surface area contributed by atoms with Crippen LogP contribution in [0, 0.1) is 6.92 Å². The van der Waals surface area contributed by atoms with Crippen molar-refractivity contribution < 1.29 is 4.79 Å². The normalized spacial score (nSPS) is 17.5. The fraction of sp³-hybridized carbons (Fsp3) is 0.692. The Bertz CT molecular complexity index is 446. The van der Waals surface area contributed by atoms with Crippen molar-refractivity contribution in [2.24, 2.45) is 7.05 Å². The molecule has 0 unspecified atom stereocenters. The molecule has 6 heteroatoms. The summed E-state index contributed by atoms with van der Waals surface area (Å²) in [7, 11) is 1.84. The lowest BCUT2D eigenvalue weighted by Crippen LogP contribution is -2.35. The van der Waals surface area contributed by atoms with Crippen molar-refractivity contribution in [3.8, 4) is 0 Å². The van der Waals surface area contributed by atoms with Gasteiger partial charge in [-0.3, -0.25) is 9.48 Å². The summed E-state index contributed by atoms with van der Waals surface area (Å²) in [5, 5.41) is 4.24. The summed E-state index contributed by atoms with van der Waals surface area (Å²) >= 11 is 5.77. The molecule has 0 aliphatic carbocycles. The van der Waals surface area contributed by atoms with Crippen molar-refractivity contribution in [3.05, 3.63) is 17.5 Å². The second-order valence-corrected chi connectivity index (χ2v) is 5.36. The van der Waals surface area contributed by atoms with E-state index in [-0.39, 0.29) is 5.91 Å². The Hall–Kier alpha value is -1.07. The lowest BCUT2D eigenvalue weighted by molar-refractivity contribution is 0.0761. The molecule has 1 fully saturated rings. The van der Waals surface area contributed by atoms with Crippen molar-refractivity contribution in [1.29, 1.82) is 0 Å². The molecule has 0 aromatic carbocycles. The van der Waals surface area contributed by atoms with E-state index in [4.69, 9.17) is 11.6 Å². The molecule has 0 spiro atoms. The van der Waals surface area contributed by atoms with Gasteiger partial charge in [-0.25, -0.2) is 0 Å². The highest BCUT2D eigenvalue weighted by Crippen LogP contribution is 2.12. The highest BCUT2D eigenvalue weighted by atomic mass is 35.5. The molecule has 106 valence electrons. The second kappa shape index (κ2) is 6.39. The van der Waals surface area contributed by atoms with Gasteiger partial charge >= 0.3 is 0 Å². The summed E-state index contributed by atoms with van der Waals surface area (Å²) in [6.07, 6.45) is 2.81. The number of hydrogen-bond acceptors (Lipinski definition) is 3. The Balaban J connectivity index is 2.02. The molecule has 0 N–H and O–H groups in total. The molecule has 5 nitrogen and oxygen atoms in total. The van der Waals surface area contributed by atoms with Gasteiger partial charge in [-0.15, -0.1) is 11.6 Å². The van der Waals surface area contributed by atoms with Gasteiger partial charge in [0.1, 0.15) is 0 Å². The first-order chi connectivity index (χ1) is 9.11. The van der Waals surface area contributed by atoms with Gasteiger partial charge in [-0.2, -0.15) is 5.10 Å². The number of hydrogen-bond donors (Lipinski definition) is 0. The zero-order valence-electron chi connectivity index (χ0n) is 11.6. The van der Waals surface area contributed by atoms with Gasteiger partial charge in [-0.05, 0) is 19.9 Å². The van der Waals surface area contributed by atoms with Crippen molar-refractivity contribution >= 4 is 17.5 Å². The summed E-state index contributed by atoms with van der Waals surface area (Å²) < 4.78 is 1.69. The SMILES string of the molecule is Cc1nn(C)cc1C(=O)N1CCCN(CCCl)CC1. The first-order valence-corrected chi connectivity index (χ1v) is 7.23. The fourth-order valence-electron chi connectivity index (χ4n) is 2.50. The summed E-state index contributed by atoms with van der Waals surface area (Å²) in [5.74, 6) is 0.744. The molecule has 1 amide bonds. The monoisotopic (exact) mass is 284 g/mol. The van der Waals surface area contributed by atoms with E-state index in [1.165, 1.54) is 0 Å². The number of alkyl halides is 1. The van der Waals surface area contributed by atoms with Gasteiger partial charge in [0.15, 0.2) is 0 Å². The number of carbonyl (C=O) groups excluding carboxylic acids is 1. The Morgan fingerprint density at radius 1 is 1.37 bits per heavy atom. The molecular formula is C13H21ClN4O. The number of amides is 1. The lowest BCUT2D eigenvalue weighted by atomic mass is 10.2. The summed E-state index contributed by atoms with van der Waals surface area (Å²) in [4.78, 5) is 16.7. The fourth-order valence-corrected chi connectivity index (χ4v) is 2.74. The van der Waals surface area contributed by atoms with E-state index < -0.39 is 0 Å². The number of carbonyl (C=O) groups is 1. The molecule has 0 saturated carbocycles. The standard InChI is InChI=1S/C13H21ClN4O/c1-11-12(10-16(2)15-11)13(19)18-6-3-5-17(7-4-14)8-9-18/h10H,3-9H2,1-2H3. The van der Waals surface area contributed by atoms with Crippen LogP contribution in [0.1, 0.15) is 22.5 Å². The lowest BCUT2D eigenvalue weighted by Gasteiger charge is -2.21. The van der Waals surface area contributed by atoms with Crippen LogP contribution in [0.5, 0.6) is 0 Å². The smallest absolute Gasteiger partial charge is 0.257 e. The molecule has 0 radical (unpaired) electrons. The van der Waals surface area contributed by atoms with Gasteiger partial charge in [0.25, 0.3) is 5.91 Å². The minimum absolute atomic E-state index is 0.0957. The average Bonchev–Trinajstić information content (AvgIpc) is 2.59. The molecule has 19 heavy (non-hydrogen) atoms. The van der Waals surface area contributed by atoms with Crippen LogP contribution in [0.3, 0.4) is 0 Å². The number of rotatable bonds is 3. The molecule has 1 aliphatic heterocycles. The predicted octanol–water partition coefficient (Wildman–Crippen LogP) is 1.12. The van der Waals surface area contributed by atoms with Crippen LogP contribution in [0.25, 0.3) is 0 Å². The van der Waals surface area contributed by atoms with E-state index in [0.717, 1.165) is 44.8 Å². The highest BCUT2D eigenvalue weighted by molar-refractivity contribution is 6.18. The summed E-state index contributed by atoms with van der Waals surface area (Å²) in [5.41, 5.74) is 1.52. The minimum Gasteiger partial charge on any atom is -0.337 e. The van der Waals surface area contributed by atoms with Gasteiger partial charge in [0, 0.05) is 45.3 Å². The van der Waals surface area contributed by atoms with E-state index in [0.29, 0.717) is 11.4 Å². The van der Waals surface area contributed by atoms with E-state index in [1.54, 1.807) is 10.9 Å². The van der Waals surface area contributed by atoms with E-state index >= 15 is 0 Å². The van der Waals surface area contributed by atoms with Crippen LogP contribution in [0.4, 0.5) is 0 Å². The third kappa shape index (κ3) is 3.48. The summed E-state index contributed by atoms with van der Waals surface area (Å²) in [6, 6.07) is 0. The van der Waals surface area contributed by atoms with Crippen LogP contribution in [0.15, 0.2) is 6.20 Å². The van der Waals surface area contributed by atoms with Gasteiger partial charge in [0.05, 0.1) is 11.3 Å². The minimum atomic E-state index is 0.0957. The zero-order valence-corrected chi connectivity index (χ0v) is 12.4. The maximum absolute atomic E-state index is 12.5. The Morgan fingerprint density at radius 3 is 2.79 bits per heavy atom.